The van der Waals surface area contributed by atoms with E-state index < -0.39 is 46.3 Å². The molecule has 0 atom stereocenters. The van der Waals surface area contributed by atoms with Gasteiger partial charge in [-0.1, -0.05) is 0 Å². The Morgan fingerprint density at radius 2 is 2.05 bits per heavy atom. The summed E-state index contributed by atoms with van der Waals surface area (Å²) >= 11 is 2.57. The van der Waals surface area contributed by atoms with Crippen molar-refractivity contribution in [1.29, 1.82) is 0 Å². The molecule has 0 amide bonds. The third-order valence-corrected chi connectivity index (χ3v) is 2.92. The van der Waals surface area contributed by atoms with Crippen molar-refractivity contribution >= 4 is 21.9 Å². The molecule has 0 fully saturated rings. The van der Waals surface area contributed by atoms with Gasteiger partial charge in [-0.3, -0.25) is 4.79 Å². The number of hydrogen-bond donors (Lipinski definition) is 0. The number of nitrogens with zero attached hydrogens (tertiary/aromatic N) is 1. The van der Waals surface area contributed by atoms with Crippen molar-refractivity contribution in [3.63, 3.8) is 0 Å². The first-order chi connectivity index (χ1) is 9.18. The number of ether oxygens (including phenoxy) is 1. The van der Waals surface area contributed by atoms with Crippen LogP contribution >= 0.6 is 15.9 Å². The molecule has 0 saturated heterocycles. The highest BCUT2D eigenvalue weighted by Crippen LogP contribution is 2.39. The van der Waals surface area contributed by atoms with Crippen LogP contribution in [0.5, 0.6) is 0 Å². The highest BCUT2D eigenvalue weighted by Gasteiger charge is 2.39. The van der Waals surface area contributed by atoms with Gasteiger partial charge in [0.25, 0.3) is 6.43 Å². The van der Waals surface area contributed by atoms with Gasteiger partial charge >= 0.3 is 12.1 Å². The summed E-state index contributed by atoms with van der Waals surface area (Å²) in [4.78, 5) is 14.6. The molecule has 0 saturated carbocycles. The van der Waals surface area contributed by atoms with Crippen LogP contribution < -0.4 is 0 Å². The second-order valence-electron chi connectivity index (χ2n) is 3.64. The zero-order valence-electron chi connectivity index (χ0n) is 10.1. The van der Waals surface area contributed by atoms with Gasteiger partial charge < -0.3 is 4.74 Å². The molecule has 112 valence electrons. The second kappa shape index (κ2) is 6.47. The summed E-state index contributed by atoms with van der Waals surface area (Å²) in [5, 5.41) is 0. The number of rotatable bonds is 4. The third kappa shape index (κ3) is 3.87. The average molecular weight is 362 g/mol. The summed E-state index contributed by atoms with van der Waals surface area (Å²) in [7, 11) is 0. The van der Waals surface area contributed by atoms with Gasteiger partial charge in [-0.25, -0.2) is 13.8 Å². The first-order valence-corrected chi connectivity index (χ1v) is 6.16. The monoisotopic (exact) mass is 361 g/mol. The molecule has 1 aromatic rings. The number of carbonyl (C=O) groups is 1. The van der Waals surface area contributed by atoms with E-state index in [4.69, 9.17) is 0 Å². The van der Waals surface area contributed by atoms with Gasteiger partial charge in [0, 0.05) is 11.8 Å². The number of carbonyl (C=O) groups excluding carboxylic acids is 1. The zero-order chi connectivity index (χ0) is 15.5. The Kier molecular flexibility index (Phi) is 5.43. The second-order valence-corrected chi connectivity index (χ2v) is 4.39. The number of halogens is 6. The Morgan fingerprint density at radius 1 is 1.45 bits per heavy atom. The molecular weight excluding hydrogens is 353 g/mol. The first-order valence-electron chi connectivity index (χ1n) is 5.36. The average Bonchev–Trinajstić information content (AvgIpc) is 2.26. The molecule has 0 N–H and O–H groups in total. The van der Waals surface area contributed by atoms with Crippen molar-refractivity contribution in [3.05, 3.63) is 27.5 Å². The molecule has 1 heterocycles. The highest BCUT2D eigenvalue weighted by molar-refractivity contribution is 9.10. The fourth-order valence-electron chi connectivity index (χ4n) is 1.56. The SMILES string of the molecule is CCOC(=O)Cc1c(C(F)F)cnc(Br)c1C(F)(F)F. The Labute approximate surface area is 119 Å². The van der Waals surface area contributed by atoms with E-state index in [1.807, 2.05) is 0 Å². The molecule has 0 unspecified atom stereocenters. The van der Waals surface area contributed by atoms with E-state index in [2.05, 4.69) is 25.7 Å². The lowest BCUT2D eigenvalue weighted by atomic mass is 10.0. The zero-order valence-corrected chi connectivity index (χ0v) is 11.7. The number of esters is 1. The van der Waals surface area contributed by atoms with Gasteiger partial charge in [-0.15, -0.1) is 0 Å². The van der Waals surface area contributed by atoms with Crippen LogP contribution in [-0.2, 0) is 22.1 Å². The van der Waals surface area contributed by atoms with Crippen LogP contribution in [0.4, 0.5) is 22.0 Å². The summed E-state index contributed by atoms with van der Waals surface area (Å²) in [6.45, 7) is 1.40. The predicted octanol–water partition coefficient (Wildman–Crippen LogP) is 3.91. The van der Waals surface area contributed by atoms with Crippen LogP contribution in [0.1, 0.15) is 30.0 Å². The molecule has 9 heteroatoms. The van der Waals surface area contributed by atoms with Gasteiger partial charge in [-0.2, -0.15) is 13.2 Å². The molecule has 3 nitrogen and oxygen atoms in total. The van der Waals surface area contributed by atoms with Gasteiger partial charge in [-0.05, 0) is 28.4 Å². The smallest absolute Gasteiger partial charge is 0.419 e. The standard InChI is InChI=1S/C11H9BrF5NO2/c1-2-20-7(19)3-5-6(10(13)14)4-18-9(12)8(5)11(15,16)17/h4,10H,2-3H2,1H3. The lowest BCUT2D eigenvalue weighted by Gasteiger charge is -2.17. The summed E-state index contributed by atoms with van der Waals surface area (Å²) in [6.07, 6.45) is -8.39. The molecule has 1 rings (SSSR count). The van der Waals surface area contributed by atoms with Crippen molar-refractivity contribution in [1.82, 2.24) is 4.98 Å². The van der Waals surface area contributed by atoms with Crippen molar-refractivity contribution < 1.29 is 31.5 Å². The Morgan fingerprint density at radius 3 is 2.50 bits per heavy atom. The minimum atomic E-state index is -4.92. The van der Waals surface area contributed by atoms with Crippen molar-refractivity contribution in [2.75, 3.05) is 6.61 Å². The predicted molar refractivity (Wildman–Crippen MR) is 62.2 cm³/mol. The number of alkyl halides is 5. The molecule has 0 radical (unpaired) electrons. The topological polar surface area (TPSA) is 39.2 Å². The fraction of sp³-hybridized carbons (Fsp3) is 0.455. The summed E-state index contributed by atoms with van der Waals surface area (Å²) in [5.41, 5.74) is -3.15. The maximum absolute atomic E-state index is 12.9. The molecule has 0 aliphatic carbocycles. The van der Waals surface area contributed by atoms with Crippen molar-refractivity contribution in [2.24, 2.45) is 0 Å². The lowest BCUT2D eigenvalue weighted by molar-refractivity contribution is -0.143. The summed E-state index contributed by atoms with van der Waals surface area (Å²) in [6, 6.07) is 0. The van der Waals surface area contributed by atoms with E-state index in [1.165, 1.54) is 6.92 Å². The van der Waals surface area contributed by atoms with Gasteiger partial charge in [0.2, 0.25) is 0 Å². The maximum Gasteiger partial charge on any atom is 0.419 e. The van der Waals surface area contributed by atoms with Gasteiger partial charge in [0.1, 0.15) is 4.60 Å². The first kappa shape index (κ1) is 16.8. The summed E-state index contributed by atoms with van der Waals surface area (Å²) in [5.74, 6) is -1.02. The molecular formula is C11H9BrF5NO2. The van der Waals surface area contributed by atoms with Crippen LogP contribution in [-0.4, -0.2) is 17.6 Å². The fourth-order valence-corrected chi connectivity index (χ4v) is 2.13. The van der Waals surface area contributed by atoms with Crippen LogP contribution in [0.25, 0.3) is 0 Å². The highest BCUT2D eigenvalue weighted by atomic mass is 79.9. The van der Waals surface area contributed by atoms with Crippen molar-refractivity contribution in [2.45, 2.75) is 25.9 Å². The van der Waals surface area contributed by atoms with E-state index in [0.717, 1.165) is 0 Å². The maximum atomic E-state index is 12.9. The van der Waals surface area contributed by atoms with E-state index in [0.29, 0.717) is 6.20 Å². The van der Waals surface area contributed by atoms with Crippen molar-refractivity contribution in [3.8, 4) is 0 Å². The van der Waals surface area contributed by atoms with Gasteiger partial charge in [0.15, 0.2) is 0 Å². The molecule has 0 bridgehead atoms. The normalized spacial score (nSPS) is 11.8. The van der Waals surface area contributed by atoms with E-state index in [-0.39, 0.29) is 6.61 Å². The van der Waals surface area contributed by atoms with Crippen LogP contribution in [0, 0.1) is 0 Å². The summed E-state index contributed by atoms with van der Waals surface area (Å²) < 4.78 is 68.2. The number of aromatic nitrogens is 1. The largest absolute Gasteiger partial charge is 0.466 e. The molecule has 0 spiro atoms. The minimum Gasteiger partial charge on any atom is -0.466 e. The molecule has 0 aliphatic heterocycles. The van der Waals surface area contributed by atoms with E-state index in [9.17, 15) is 26.7 Å². The van der Waals surface area contributed by atoms with Crippen LogP contribution in [0.15, 0.2) is 10.8 Å². The third-order valence-electron chi connectivity index (χ3n) is 2.32. The Balaban J connectivity index is 3.41. The van der Waals surface area contributed by atoms with Gasteiger partial charge in [0.05, 0.1) is 18.6 Å². The van der Waals surface area contributed by atoms with E-state index in [1.54, 1.807) is 0 Å². The molecule has 20 heavy (non-hydrogen) atoms. The quantitative estimate of drug-likeness (QED) is 0.463. The molecule has 0 aliphatic rings. The number of hydrogen-bond acceptors (Lipinski definition) is 3. The minimum absolute atomic E-state index is 0.0591. The number of pyridine rings is 1. The Hall–Kier alpha value is -1.25. The molecule has 0 aromatic carbocycles. The lowest BCUT2D eigenvalue weighted by Crippen LogP contribution is -2.18. The Bertz CT molecular complexity index is 504. The van der Waals surface area contributed by atoms with E-state index >= 15 is 0 Å². The van der Waals surface area contributed by atoms with Crippen LogP contribution in [0.3, 0.4) is 0 Å². The van der Waals surface area contributed by atoms with Crippen LogP contribution in [0.2, 0.25) is 0 Å². The molecule has 1 aromatic heterocycles.